The van der Waals surface area contributed by atoms with E-state index in [0.29, 0.717) is 10.8 Å². The summed E-state index contributed by atoms with van der Waals surface area (Å²) in [5, 5.41) is 14.8. The minimum atomic E-state index is -1.01. The second-order valence-electron chi connectivity index (χ2n) is 7.35. The van der Waals surface area contributed by atoms with Crippen LogP contribution in [0, 0.1) is 0 Å². The first-order valence-electron chi connectivity index (χ1n) is 9.78. The van der Waals surface area contributed by atoms with Crippen molar-refractivity contribution in [3.63, 3.8) is 0 Å². The number of benzene rings is 2. The molecule has 0 saturated carbocycles. The predicted molar refractivity (Wildman–Crippen MR) is 117 cm³/mol. The van der Waals surface area contributed by atoms with Gasteiger partial charge in [-0.15, -0.1) is 11.8 Å². The average molecular weight is 442 g/mol. The van der Waals surface area contributed by atoms with Crippen LogP contribution in [0.2, 0.25) is 5.02 Å². The molecular formula is C22H20ClN3O3S. The van der Waals surface area contributed by atoms with Gasteiger partial charge in [0.25, 0.3) is 0 Å². The number of morpholine rings is 1. The molecule has 2 aromatic carbocycles. The van der Waals surface area contributed by atoms with Gasteiger partial charge in [0.2, 0.25) is 0 Å². The summed E-state index contributed by atoms with van der Waals surface area (Å²) in [5.74, 6) is -0.483. The fraction of sp³-hybridized carbons (Fsp3) is 0.273. The largest absolute Gasteiger partial charge is 0.476 e. The summed E-state index contributed by atoms with van der Waals surface area (Å²) in [4.78, 5) is 15.2. The van der Waals surface area contributed by atoms with Crippen molar-refractivity contribution in [1.29, 1.82) is 0 Å². The van der Waals surface area contributed by atoms with Gasteiger partial charge in [-0.05, 0) is 23.8 Å². The maximum atomic E-state index is 11.8. The molecule has 1 N–H and O–H groups in total. The van der Waals surface area contributed by atoms with Gasteiger partial charge in [-0.3, -0.25) is 4.90 Å². The first-order valence-corrected chi connectivity index (χ1v) is 11.1. The number of aromatic nitrogens is 2. The van der Waals surface area contributed by atoms with Gasteiger partial charge in [0.05, 0.1) is 29.6 Å². The van der Waals surface area contributed by atoms with Crippen molar-refractivity contribution in [1.82, 2.24) is 14.7 Å². The van der Waals surface area contributed by atoms with Gasteiger partial charge in [0.1, 0.15) is 0 Å². The van der Waals surface area contributed by atoms with Crippen LogP contribution in [0.4, 0.5) is 0 Å². The van der Waals surface area contributed by atoms with Gasteiger partial charge in [0, 0.05) is 41.4 Å². The number of ether oxygens (including phenoxy) is 1. The summed E-state index contributed by atoms with van der Waals surface area (Å²) in [5.41, 5.74) is 4.61. The zero-order chi connectivity index (χ0) is 20.7. The molecule has 0 bridgehead atoms. The van der Waals surface area contributed by atoms with Crippen LogP contribution in [0.15, 0.2) is 47.4 Å². The van der Waals surface area contributed by atoms with E-state index in [2.05, 4.69) is 22.1 Å². The molecule has 2 aliphatic rings. The molecule has 154 valence electrons. The highest BCUT2D eigenvalue weighted by Crippen LogP contribution is 2.46. The minimum Gasteiger partial charge on any atom is -0.476 e. The molecule has 5 rings (SSSR count). The number of nitrogens with zero attached hydrogens (tertiary/aromatic N) is 3. The van der Waals surface area contributed by atoms with Gasteiger partial charge >= 0.3 is 5.97 Å². The Bertz CT molecular complexity index is 1110. The van der Waals surface area contributed by atoms with E-state index in [4.69, 9.17) is 16.3 Å². The fourth-order valence-electron chi connectivity index (χ4n) is 3.97. The number of carbonyl (C=O) groups is 1. The fourth-order valence-corrected chi connectivity index (χ4v) is 5.40. The first kappa shape index (κ1) is 19.6. The van der Waals surface area contributed by atoms with Crippen LogP contribution >= 0.6 is 23.4 Å². The number of hydrogen-bond donors (Lipinski definition) is 1. The van der Waals surface area contributed by atoms with Crippen molar-refractivity contribution in [2.45, 2.75) is 17.2 Å². The van der Waals surface area contributed by atoms with Crippen LogP contribution in [-0.4, -0.2) is 52.1 Å². The number of halogens is 1. The van der Waals surface area contributed by atoms with Crippen LogP contribution in [0.3, 0.4) is 0 Å². The second kappa shape index (κ2) is 8.07. The van der Waals surface area contributed by atoms with Gasteiger partial charge in [-0.1, -0.05) is 35.9 Å². The lowest BCUT2D eigenvalue weighted by Gasteiger charge is -2.26. The molecule has 2 aliphatic heterocycles. The number of aromatic carboxylic acids is 1. The van der Waals surface area contributed by atoms with Crippen LogP contribution in [-0.2, 0) is 17.0 Å². The van der Waals surface area contributed by atoms with Crippen molar-refractivity contribution in [3.05, 3.63) is 64.3 Å². The van der Waals surface area contributed by atoms with E-state index >= 15 is 0 Å². The molecule has 6 nitrogen and oxygen atoms in total. The average Bonchev–Trinajstić information content (AvgIpc) is 3.16. The molecule has 0 aliphatic carbocycles. The normalized spacial score (nSPS) is 16.2. The third kappa shape index (κ3) is 3.52. The Balaban J connectivity index is 1.54. The molecule has 1 aromatic heterocycles. The topological polar surface area (TPSA) is 67.6 Å². The zero-order valence-corrected chi connectivity index (χ0v) is 17.7. The standard InChI is InChI=1S/C22H20ClN3O3S/c23-18-3-1-2-16-20-17(13-30-21(16)18)19(22(27)28)24-26(20)15-6-4-14(5-7-15)12-25-8-10-29-11-9-25/h1-7H,8-13H2,(H,27,28). The van der Waals surface area contributed by atoms with E-state index in [9.17, 15) is 9.90 Å². The van der Waals surface area contributed by atoms with Gasteiger partial charge in [-0.25, -0.2) is 9.48 Å². The minimum absolute atomic E-state index is 0.0977. The van der Waals surface area contributed by atoms with E-state index in [0.717, 1.165) is 60.3 Å². The van der Waals surface area contributed by atoms with Gasteiger partial charge in [-0.2, -0.15) is 5.10 Å². The maximum Gasteiger partial charge on any atom is 0.356 e. The van der Waals surface area contributed by atoms with Crippen molar-refractivity contribution in [2.75, 3.05) is 26.3 Å². The maximum absolute atomic E-state index is 11.8. The molecule has 0 amide bonds. The van der Waals surface area contributed by atoms with Gasteiger partial charge < -0.3 is 9.84 Å². The number of hydrogen-bond acceptors (Lipinski definition) is 5. The third-order valence-corrected chi connectivity index (χ3v) is 7.05. The van der Waals surface area contributed by atoms with E-state index in [1.807, 2.05) is 30.3 Å². The van der Waals surface area contributed by atoms with Crippen LogP contribution in [0.1, 0.15) is 21.6 Å². The lowest BCUT2D eigenvalue weighted by Crippen LogP contribution is -2.35. The quantitative estimate of drug-likeness (QED) is 0.650. The molecule has 8 heteroatoms. The number of carboxylic acids is 1. The Labute approximate surface area is 183 Å². The monoisotopic (exact) mass is 441 g/mol. The van der Waals surface area contributed by atoms with Crippen molar-refractivity contribution >= 4 is 29.3 Å². The molecular weight excluding hydrogens is 422 g/mol. The second-order valence-corrected chi connectivity index (χ2v) is 8.75. The van der Waals surface area contributed by atoms with Crippen molar-refractivity contribution in [2.24, 2.45) is 0 Å². The Hall–Kier alpha value is -2.32. The Morgan fingerprint density at radius 2 is 1.93 bits per heavy atom. The molecule has 0 atom stereocenters. The first-order chi connectivity index (χ1) is 14.6. The lowest BCUT2D eigenvalue weighted by atomic mass is 10.1. The highest BCUT2D eigenvalue weighted by atomic mass is 35.5. The molecule has 30 heavy (non-hydrogen) atoms. The molecule has 3 aromatic rings. The van der Waals surface area contributed by atoms with Gasteiger partial charge in [0.15, 0.2) is 5.69 Å². The third-order valence-electron chi connectivity index (χ3n) is 5.46. The Morgan fingerprint density at radius 3 is 2.67 bits per heavy atom. The van der Waals surface area contributed by atoms with E-state index in [-0.39, 0.29) is 5.69 Å². The summed E-state index contributed by atoms with van der Waals surface area (Å²) >= 11 is 7.97. The summed E-state index contributed by atoms with van der Waals surface area (Å²) in [7, 11) is 0. The van der Waals surface area contributed by atoms with Crippen molar-refractivity contribution in [3.8, 4) is 16.9 Å². The zero-order valence-electron chi connectivity index (χ0n) is 16.2. The predicted octanol–water partition coefficient (Wildman–Crippen LogP) is 4.33. The van der Waals surface area contributed by atoms with E-state index in [1.165, 1.54) is 5.56 Å². The van der Waals surface area contributed by atoms with Crippen LogP contribution in [0.25, 0.3) is 16.9 Å². The SMILES string of the molecule is O=C(O)c1nn(-c2ccc(CN3CCOCC3)cc2)c2c1CSc1c(Cl)cccc1-2. The summed E-state index contributed by atoms with van der Waals surface area (Å²) < 4.78 is 7.16. The molecule has 0 spiro atoms. The van der Waals surface area contributed by atoms with E-state index < -0.39 is 5.97 Å². The van der Waals surface area contributed by atoms with Crippen LogP contribution < -0.4 is 0 Å². The molecule has 1 saturated heterocycles. The number of rotatable bonds is 4. The highest BCUT2D eigenvalue weighted by molar-refractivity contribution is 7.98. The number of carboxylic acid groups (broad SMARTS) is 1. The molecule has 1 fully saturated rings. The highest BCUT2D eigenvalue weighted by Gasteiger charge is 2.30. The van der Waals surface area contributed by atoms with Crippen LogP contribution in [0.5, 0.6) is 0 Å². The molecule has 0 unspecified atom stereocenters. The lowest BCUT2D eigenvalue weighted by molar-refractivity contribution is 0.0342. The Kier molecular flexibility index (Phi) is 5.28. The van der Waals surface area contributed by atoms with E-state index in [1.54, 1.807) is 16.4 Å². The summed E-state index contributed by atoms with van der Waals surface area (Å²) in [6, 6.07) is 13.9. The molecule has 3 heterocycles. The summed E-state index contributed by atoms with van der Waals surface area (Å²) in [6.07, 6.45) is 0. The molecule has 0 radical (unpaired) electrons. The Morgan fingerprint density at radius 1 is 1.17 bits per heavy atom. The number of fused-ring (bicyclic) bond motifs is 3. The number of thioether (sulfide) groups is 1. The van der Waals surface area contributed by atoms with Crippen molar-refractivity contribution < 1.29 is 14.6 Å². The smallest absolute Gasteiger partial charge is 0.356 e. The summed E-state index contributed by atoms with van der Waals surface area (Å²) in [6.45, 7) is 4.29.